The molecule has 3 saturated heterocycles. The van der Waals surface area contributed by atoms with Crippen molar-refractivity contribution in [2.24, 2.45) is 0 Å². The SMILES string of the molecule is CC(C)(C)OC(=O)N1C[C@H](O)C[C@@H]1C(=O)N1CCC(c2ccccc2C(C)(C)C)CC1.O=C(CN(c1ccccc1)S(=O)(=O)O)N1CCC(c2ccccc2C(F)(F)F)CC1. The number of piperidine rings is 2. The van der Waals surface area contributed by atoms with Crippen LogP contribution in [0.3, 0.4) is 0 Å². The molecule has 0 saturated carbocycles. The van der Waals surface area contributed by atoms with Gasteiger partial charge in [0.1, 0.15) is 18.2 Å². The summed E-state index contributed by atoms with van der Waals surface area (Å²) in [5.41, 5.74) is 1.87. The molecule has 2 atom stereocenters. The minimum Gasteiger partial charge on any atom is -0.444 e. The van der Waals surface area contributed by atoms with Crippen molar-refractivity contribution in [3.8, 4) is 0 Å². The van der Waals surface area contributed by atoms with E-state index in [-0.39, 0.29) is 54.5 Å². The zero-order valence-electron chi connectivity index (χ0n) is 35.8. The Labute approximate surface area is 357 Å². The van der Waals surface area contributed by atoms with Crippen LogP contribution in [0.4, 0.5) is 23.7 Å². The molecule has 12 nitrogen and oxygen atoms in total. The summed E-state index contributed by atoms with van der Waals surface area (Å²) in [6, 6.07) is 21.1. The Morgan fingerprint density at radius 2 is 1.21 bits per heavy atom. The van der Waals surface area contributed by atoms with Crippen LogP contribution >= 0.6 is 0 Å². The highest BCUT2D eigenvalue weighted by Gasteiger charge is 2.43. The molecule has 0 spiro atoms. The third kappa shape index (κ3) is 12.5. The van der Waals surface area contributed by atoms with Crippen molar-refractivity contribution < 1.29 is 50.4 Å². The van der Waals surface area contributed by atoms with Crippen LogP contribution in [0, 0.1) is 0 Å². The van der Waals surface area contributed by atoms with Crippen LogP contribution in [0.15, 0.2) is 78.9 Å². The predicted octanol–water partition coefficient (Wildman–Crippen LogP) is 7.78. The van der Waals surface area contributed by atoms with Gasteiger partial charge in [-0.05, 0) is 98.6 Å². The number of β-amino-alcohol motifs (C(OH)–C–C–N with tert-alkyl or cyclic N) is 1. The summed E-state index contributed by atoms with van der Waals surface area (Å²) in [5.74, 6) is -0.529. The second-order valence-electron chi connectivity index (χ2n) is 18.0. The van der Waals surface area contributed by atoms with Crippen molar-refractivity contribution in [1.29, 1.82) is 0 Å². The van der Waals surface area contributed by atoms with Crippen LogP contribution in [0.1, 0.15) is 108 Å². The number of halogens is 3. The van der Waals surface area contributed by atoms with Crippen molar-refractivity contribution in [3.63, 3.8) is 0 Å². The largest absolute Gasteiger partial charge is 0.444 e. The topological polar surface area (TPSA) is 148 Å². The lowest BCUT2D eigenvalue weighted by Crippen LogP contribution is -2.50. The van der Waals surface area contributed by atoms with Gasteiger partial charge in [0.05, 0.1) is 23.9 Å². The first-order chi connectivity index (χ1) is 28.4. The van der Waals surface area contributed by atoms with Gasteiger partial charge in [-0.2, -0.15) is 21.6 Å². The van der Waals surface area contributed by atoms with Gasteiger partial charge in [0.15, 0.2) is 0 Å². The maximum absolute atomic E-state index is 13.3. The summed E-state index contributed by atoms with van der Waals surface area (Å²) < 4.78 is 78.8. The molecule has 0 aliphatic carbocycles. The smallest absolute Gasteiger partial charge is 0.416 e. The predicted molar refractivity (Wildman–Crippen MR) is 226 cm³/mol. The van der Waals surface area contributed by atoms with Gasteiger partial charge >= 0.3 is 22.6 Å². The van der Waals surface area contributed by atoms with E-state index in [0.717, 1.165) is 18.9 Å². The lowest BCUT2D eigenvalue weighted by Gasteiger charge is -2.37. The van der Waals surface area contributed by atoms with Gasteiger partial charge in [0.2, 0.25) is 11.8 Å². The van der Waals surface area contributed by atoms with Gasteiger partial charge in [-0.15, -0.1) is 0 Å². The van der Waals surface area contributed by atoms with Crippen molar-refractivity contribution >= 4 is 33.9 Å². The minimum atomic E-state index is -4.67. The number of likely N-dealkylation sites (tertiary alicyclic amines) is 3. The summed E-state index contributed by atoms with van der Waals surface area (Å²) >= 11 is 0. The van der Waals surface area contributed by atoms with E-state index >= 15 is 0 Å². The van der Waals surface area contributed by atoms with E-state index in [1.54, 1.807) is 45.0 Å². The van der Waals surface area contributed by atoms with E-state index in [4.69, 9.17) is 4.74 Å². The summed E-state index contributed by atoms with van der Waals surface area (Å²) in [7, 11) is -4.67. The second kappa shape index (κ2) is 19.2. The quantitative estimate of drug-likeness (QED) is 0.229. The van der Waals surface area contributed by atoms with E-state index < -0.39 is 58.3 Å². The molecule has 61 heavy (non-hydrogen) atoms. The summed E-state index contributed by atoms with van der Waals surface area (Å²) in [5, 5.41) is 10.1. The number of aliphatic hydroxyl groups excluding tert-OH is 1. The second-order valence-corrected chi connectivity index (χ2v) is 19.4. The average Bonchev–Trinajstić information content (AvgIpc) is 3.60. The van der Waals surface area contributed by atoms with Crippen LogP contribution in [0.25, 0.3) is 0 Å². The standard InChI is InChI=1S/C25H38N2O4.C20H21F3N2O4S/c1-24(2,3)20-10-8-7-9-19(20)17-11-13-26(14-12-17)22(29)21-15-18(28)16-27(21)23(30)31-25(4,5)6;21-20(22,23)18-9-5-4-8-17(18)15-10-12-24(13-11-15)19(26)14-25(30(27,28)29)16-6-2-1-3-7-16/h7-10,17-18,21,28H,11-16H2,1-6H3;1-9,15H,10-14H2,(H,27,28,29)/t18-,21-;/m1./s1. The number of rotatable bonds is 7. The highest BCUT2D eigenvalue weighted by molar-refractivity contribution is 7.87. The van der Waals surface area contributed by atoms with Gasteiger partial charge in [-0.3, -0.25) is 19.0 Å². The molecular weight excluding hydrogens is 814 g/mol. The van der Waals surface area contributed by atoms with Crippen LogP contribution in [0.2, 0.25) is 0 Å². The lowest BCUT2D eigenvalue weighted by atomic mass is 9.77. The van der Waals surface area contributed by atoms with Gasteiger partial charge < -0.3 is 19.6 Å². The van der Waals surface area contributed by atoms with Crippen molar-refractivity contribution in [1.82, 2.24) is 14.7 Å². The number of benzene rings is 3. The molecule has 3 amide bonds. The van der Waals surface area contributed by atoms with E-state index in [2.05, 4.69) is 45.0 Å². The van der Waals surface area contributed by atoms with Crippen LogP contribution < -0.4 is 4.31 Å². The van der Waals surface area contributed by atoms with Crippen molar-refractivity contribution in [2.75, 3.05) is 43.6 Å². The molecule has 0 bridgehead atoms. The highest BCUT2D eigenvalue weighted by Crippen LogP contribution is 2.39. The minimum absolute atomic E-state index is 0.0787. The number of anilines is 1. The zero-order chi connectivity index (χ0) is 44.9. The third-order valence-corrected chi connectivity index (χ3v) is 12.3. The number of para-hydroxylation sites is 1. The average molecular weight is 873 g/mol. The van der Waals surface area contributed by atoms with Crippen molar-refractivity contribution in [3.05, 3.63) is 101 Å². The van der Waals surface area contributed by atoms with Gasteiger partial charge in [-0.25, -0.2) is 9.10 Å². The monoisotopic (exact) mass is 872 g/mol. The number of amides is 3. The molecule has 0 aromatic heterocycles. The molecule has 6 rings (SSSR count). The number of carbonyl (C=O) groups excluding carboxylic acids is 3. The van der Waals surface area contributed by atoms with Crippen LogP contribution in [-0.2, 0) is 36.2 Å². The molecule has 334 valence electrons. The van der Waals surface area contributed by atoms with Crippen LogP contribution in [0.5, 0.6) is 0 Å². The Balaban J connectivity index is 0.000000231. The Hall–Kier alpha value is -4.67. The molecule has 0 unspecified atom stereocenters. The number of nitrogens with zero attached hydrogens (tertiary/aromatic N) is 4. The fourth-order valence-corrected chi connectivity index (χ4v) is 9.06. The Kier molecular flexibility index (Phi) is 14.9. The molecule has 3 aromatic rings. The maximum Gasteiger partial charge on any atom is 0.416 e. The highest BCUT2D eigenvalue weighted by atomic mass is 32.2. The number of ether oxygens (including phenoxy) is 1. The number of hydrogen-bond donors (Lipinski definition) is 2. The third-order valence-electron chi connectivity index (χ3n) is 11.4. The number of hydrogen-bond acceptors (Lipinski definition) is 7. The Bertz CT molecular complexity index is 2090. The van der Waals surface area contributed by atoms with E-state index in [1.165, 1.54) is 45.2 Å². The molecule has 3 aliphatic heterocycles. The van der Waals surface area contributed by atoms with Gasteiger partial charge in [0.25, 0.3) is 0 Å². The van der Waals surface area contributed by atoms with E-state index in [1.807, 2.05) is 4.90 Å². The number of aliphatic hydroxyl groups is 1. The normalized spacial score (nSPS) is 19.6. The van der Waals surface area contributed by atoms with Crippen LogP contribution in [-0.4, -0.2) is 108 Å². The summed E-state index contributed by atoms with van der Waals surface area (Å²) in [6.45, 7) is 13.4. The molecular formula is C45H59F3N4O8S. The first-order valence-electron chi connectivity index (χ1n) is 20.7. The molecule has 3 aliphatic rings. The van der Waals surface area contributed by atoms with Gasteiger partial charge in [-0.1, -0.05) is 81.4 Å². The summed E-state index contributed by atoms with van der Waals surface area (Å²) in [4.78, 5) is 43.2. The van der Waals surface area contributed by atoms with E-state index in [0.29, 0.717) is 36.2 Å². The van der Waals surface area contributed by atoms with Crippen molar-refractivity contribution in [2.45, 2.75) is 115 Å². The lowest BCUT2D eigenvalue weighted by molar-refractivity contribution is -0.139. The molecule has 2 N–H and O–H groups in total. The molecule has 3 fully saturated rings. The first kappa shape index (κ1) is 47.4. The summed E-state index contributed by atoms with van der Waals surface area (Å²) in [6.07, 6.45) is -2.94. The molecule has 3 heterocycles. The molecule has 3 aromatic carbocycles. The van der Waals surface area contributed by atoms with Gasteiger partial charge in [0, 0.05) is 32.6 Å². The molecule has 0 radical (unpaired) electrons. The number of alkyl halides is 3. The molecule has 16 heteroatoms. The van der Waals surface area contributed by atoms with E-state index in [9.17, 15) is 45.6 Å². The zero-order valence-corrected chi connectivity index (χ0v) is 36.6. The first-order valence-corrected chi connectivity index (χ1v) is 22.1. The fourth-order valence-electron chi connectivity index (χ4n) is 8.40. The Morgan fingerprint density at radius 1 is 0.738 bits per heavy atom. The Morgan fingerprint density at radius 3 is 1.70 bits per heavy atom. The fraction of sp³-hybridized carbons (Fsp3) is 0.533. The number of carbonyl (C=O) groups is 3. The maximum atomic E-state index is 13.3.